The summed E-state index contributed by atoms with van der Waals surface area (Å²) in [6.45, 7) is 1.82. The van der Waals surface area contributed by atoms with Crippen LogP contribution in [0, 0.1) is 6.92 Å². The standard InChI is InChI=1S/C19H17ClN2O5S/c1-10-4-5-11(9-15(10)20)16(23)22-19(28)21-14-7-12(17(24)26-2)6-13(8-14)18(25)27-3/h4-9H,1-3H3,(H2,21,22,23,28). The number of rotatable bonds is 4. The molecule has 7 nitrogen and oxygen atoms in total. The number of thiocarbonyl (C=S) groups is 1. The molecule has 0 spiro atoms. The van der Waals surface area contributed by atoms with Crippen molar-refractivity contribution >= 4 is 52.5 Å². The van der Waals surface area contributed by atoms with Crippen molar-refractivity contribution in [1.82, 2.24) is 5.32 Å². The van der Waals surface area contributed by atoms with Gasteiger partial charge in [-0.3, -0.25) is 10.1 Å². The molecular formula is C19H17ClN2O5S. The molecule has 0 atom stereocenters. The number of halogens is 1. The van der Waals surface area contributed by atoms with Crippen molar-refractivity contribution in [2.45, 2.75) is 6.92 Å². The van der Waals surface area contributed by atoms with Crippen molar-refractivity contribution in [3.63, 3.8) is 0 Å². The molecule has 146 valence electrons. The Morgan fingerprint density at radius 2 is 1.50 bits per heavy atom. The lowest BCUT2D eigenvalue weighted by atomic mass is 10.1. The second-order valence-corrected chi connectivity index (χ2v) is 6.47. The normalized spacial score (nSPS) is 10.0. The molecule has 0 radical (unpaired) electrons. The highest BCUT2D eigenvalue weighted by Crippen LogP contribution is 2.18. The van der Waals surface area contributed by atoms with Crippen LogP contribution in [0.2, 0.25) is 5.02 Å². The number of carbonyl (C=O) groups is 3. The van der Waals surface area contributed by atoms with Crippen LogP contribution in [-0.4, -0.2) is 37.2 Å². The van der Waals surface area contributed by atoms with Gasteiger partial charge in [-0.15, -0.1) is 0 Å². The van der Waals surface area contributed by atoms with Gasteiger partial charge in [0.2, 0.25) is 0 Å². The van der Waals surface area contributed by atoms with Gasteiger partial charge in [0.25, 0.3) is 5.91 Å². The van der Waals surface area contributed by atoms with E-state index >= 15 is 0 Å². The summed E-state index contributed by atoms with van der Waals surface area (Å²) < 4.78 is 9.35. The van der Waals surface area contributed by atoms with Crippen molar-refractivity contribution in [1.29, 1.82) is 0 Å². The molecule has 0 heterocycles. The molecule has 2 aromatic carbocycles. The third-order valence-electron chi connectivity index (χ3n) is 3.69. The van der Waals surface area contributed by atoms with Crippen LogP contribution in [0.25, 0.3) is 0 Å². The second kappa shape index (κ2) is 9.29. The number of ether oxygens (including phenoxy) is 2. The van der Waals surface area contributed by atoms with Gasteiger partial charge in [0.1, 0.15) is 0 Å². The molecule has 0 bridgehead atoms. The number of hydrogen-bond donors (Lipinski definition) is 2. The molecule has 0 aromatic heterocycles. The fourth-order valence-electron chi connectivity index (χ4n) is 2.24. The first-order chi connectivity index (χ1) is 13.2. The highest BCUT2D eigenvalue weighted by Gasteiger charge is 2.15. The summed E-state index contributed by atoms with van der Waals surface area (Å²) in [5.41, 5.74) is 1.71. The third kappa shape index (κ3) is 5.28. The van der Waals surface area contributed by atoms with Crippen LogP contribution in [0.3, 0.4) is 0 Å². The number of esters is 2. The van der Waals surface area contributed by atoms with Gasteiger partial charge in [0.15, 0.2) is 5.11 Å². The van der Waals surface area contributed by atoms with Gasteiger partial charge >= 0.3 is 11.9 Å². The fourth-order valence-corrected chi connectivity index (χ4v) is 2.63. The monoisotopic (exact) mass is 420 g/mol. The van der Waals surface area contributed by atoms with Crippen LogP contribution >= 0.6 is 23.8 Å². The first-order valence-electron chi connectivity index (χ1n) is 7.95. The predicted octanol–water partition coefficient (Wildman–Crippen LogP) is 3.35. The number of anilines is 1. The molecule has 0 aliphatic rings. The Kier molecular flexibility index (Phi) is 7.08. The number of benzene rings is 2. The summed E-state index contributed by atoms with van der Waals surface area (Å²) in [7, 11) is 2.44. The zero-order chi connectivity index (χ0) is 20.8. The maximum absolute atomic E-state index is 12.3. The lowest BCUT2D eigenvalue weighted by Gasteiger charge is -2.12. The van der Waals surface area contributed by atoms with E-state index in [1.807, 2.05) is 6.92 Å². The van der Waals surface area contributed by atoms with E-state index in [1.54, 1.807) is 12.1 Å². The molecule has 0 saturated carbocycles. The number of hydrogen-bond acceptors (Lipinski definition) is 6. The van der Waals surface area contributed by atoms with E-state index < -0.39 is 17.8 Å². The summed E-state index contributed by atoms with van der Waals surface area (Å²) in [5.74, 6) is -1.74. The van der Waals surface area contributed by atoms with E-state index in [4.69, 9.17) is 23.8 Å². The average Bonchev–Trinajstić information content (AvgIpc) is 2.68. The largest absolute Gasteiger partial charge is 0.465 e. The summed E-state index contributed by atoms with van der Waals surface area (Å²) in [5, 5.41) is 5.70. The first kappa shape index (κ1) is 21.3. The number of methoxy groups -OCH3 is 2. The molecule has 1 amide bonds. The Morgan fingerprint density at radius 3 is 2.00 bits per heavy atom. The first-order valence-corrected chi connectivity index (χ1v) is 8.74. The molecule has 0 saturated heterocycles. The number of nitrogens with one attached hydrogen (secondary N) is 2. The molecule has 2 aromatic rings. The molecular weight excluding hydrogens is 404 g/mol. The topological polar surface area (TPSA) is 93.7 Å². The molecule has 2 N–H and O–H groups in total. The van der Waals surface area contributed by atoms with Gasteiger partial charge in [0, 0.05) is 16.3 Å². The molecule has 0 unspecified atom stereocenters. The van der Waals surface area contributed by atoms with Gasteiger partial charge in [-0.1, -0.05) is 17.7 Å². The van der Waals surface area contributed by atoms with Gasteiger partial charge in [-0.2, -0.15) is 0 Å². The smallest absolute Gasteiger partial charge is 0.337 e. The second-order valence-electron chi connectivity index (χ2n) is 5.65. The van der Waals surface area contributed by atoms with Gasteiger partial charge in [0.05, 0.1) is 25.3 Å². The van der Waals surface area contributed by atoms with Crippen LogP contribution in [0.4, 0.5) is 5.69 Å². The van der Waals surface area contributed by atoms with E-state index in [0.29, 0.717) is 16.3 Å². The fraction of sp³-hybridized carbons (Fsp3) is 0.158. The van der Waals surface area contributed by atoms with Crippen LogP contribution in [0.5, 0.6) is 0 Å². The van der Waals surface area contributed by atoms with Gasteiger partial charge < -0.3 is 14.8 Å². The Hall–Kier alpha value is -2.97. The summed E-state index contributed by atoms with van der Waals surface area (Å²) in [6, 6.07) is 9.06. The van der Waals surface area contributed by atoms with E-state index in [0.717, 1.165) is 5.56 Å². The SMILES string of the molecule is COC(=O)c1cc(NC(=S)NC(=O)c2ccc(C)c(Cl)c2)cc(C(=O)OC)c1. The average molecular weight is 421 g/mol. The van der Waals surface area contributed by atoms with Crippen LogP contribution in [-0.2, 0) is 9.47 Å². The van der Waals surface area contributed by atoms with Crippen molar-refractivity contribution in [2.24, 2.45) is 0 Å². The van der Waals surface area contributed by atoms with E-state index in [1.165, 1.54) is 38.5 Å². The Labute approximate surface area is 172 Å². The number of carbonyl (C=O) groups excluding carboxylic acids is 3. The zero-order valence-corrected chi connectivity index (χ0v) is 16.9. The Balaban J connectivity index is 2.19. The predicted molar refractivity (Wildman–Crippen MR) is 109 cm³/mol. The van der Waals surface area contributed by atoms with Crippen molar-refractivity contribution in [3.05, 3.63) is 63.7 Å². The zero-order valence-electron chi connectivity index (χ0n) is 15.3. The number of amides is 1. The summed E-state index contributed by atoms with van der Waals surface area (Å²) >= 11 is 11.2. The Bertz CT molecular complexity index is 927. The van der Waals surface area contributed by atoms with E-state index in [9.17, 15) is 14.4 Å². The highest BCUT2D eigenvalue weighted by atomic mass is 35.5. The van der Waals surface area contributed by atoms with Crippen molar-refractivity contribution in [2.75, 3.05) is 19.5 Å². The minimum Gasteiger partial charge on any atom is -0.465 e. The molecule has 28 heavy (non-hydrogen) atoms. The molecule has 0 aliphatic carbocycles. The summed E-state index contributed by atoms with van der Waals surface area (Å²) in [4.78, 5) is 35.9. The Morgan fingerprint density at radius 1 is 0.929 bits per heavy atom. The van der Waals surface area contributed by atoms with Crippen LogP contribution in [0.1, 0.15) is 36.6 Å². The lowest BCUT2D eigenvalue weighted by molar-refractivity contribution is 0.0599. The van der Waals surface area contributed by atoms with E-state index in [2.05, 4.69) is 20.1 Å². The number of aryl methyl sites for hydroxylation is 1. The van der Waals surface area contributed by atoms with Crippen molar-refractivity contribution < 1.29 is 23.9 Å². The maximum atomic E-state index is 12.3. The quantitative estimate of drug-likeness (QED) is 0.578. The van der Waals surface area contributed by atoms with Crippen LogP contribution in [0.15, 0.2) is 36.4 Å². The molecule has 2 rings (SSSR count). The van der Waals surface area contributed by atoms with Gasteiger partial charge in [-0.05, 0) is 55.0 Å². The third-order valence-corrected chi connectivity index (χ3v) is 4.31. The van der Waals surface area contributed by atoms with Crippen LogP contribution < -0.4 is 10.6 Å². The van der Waals surface area contributed by atoms with Crippen molar-refractivity contribution in [3.8, 4) is 0 Å². The minimum atomic E-state index is -0.641. The minimum absolute atomic E-state index is 0.0282. The van der Waals surface area contributed by atoms with Gasteiger partial charge in [-0.25, -0.2) is 9.59 Å². The molecule has 0 aliphatic heterocycles. The maximum Gasteiger partial charge on any atom is 0.337 e. The lowest BCUT2D eigenvalue weighted by Crippen LogP contribution is -2.34. The molecule has 9 heteroatoms. The molecule has 0 fully saturated rings. The highest BCUT2D eigenvalue weighted by molar-refractivity contribution is 7.80. The van der Waals surface area contributed by atoms with E-state index in [-0.39, 0.29) is 16.2 Å². The summed E-state index contributed by atoms with van der Waals surface area (Å²) in [6.07, 6.45) is 0.